The Hall–Kier alpha value is -2.48. The summed E-state index contributed by atoms with van der Waals surface area (Å²) in [7, 11) is 0. The number of carbonyl (C=O) groups excluding carboxylic acids is 2. The summed E-state index contributed by atoms with van der Waals surface area (Å²) < 4.78 is 0. The molecule has 2 aromatic rings. The Morgan fingerprint density at radius 1 is 1.33 bits per heavy atom. The van der Waals surface area contributed by atoms with Gasteiger partial charge in [-0.2, -0.15) is 0 Å². The van der Waals surface area contributed by atoms with Crippen LogP contribution < -0.4 is 5.32 Å². The normalized spacial score (nSPS) is 15.3. The Morgan fingerprint density at radius 3 is 2.71 bits per heavy atom. The van der Waals surface area contributed by atoms with Gasteiger partial charge in [0.2, 0.25) is 11.8 Å². The van der Waals surface area contributed by atoms with Gasteiger partial charge in [0.25, 0.3) is 0 Å². The largest absolute Gasteiger partial charge is 0.343 e. The summed E-state index contributed by atoms with van der Waals surface area (Å²) in [5.74, 6) is 0.270. The first-order valence-corrected chi connectivity index (χ1v) is 8.02. The first-order chi connectivity index (χ1) is 11.5. The third-order valence-electron chi connectivity index (χ3n) is 4.15. The molecule has 0 bridgehead atoms. The number of piperidine rings is 1. The highest BCUT2D eigenvalue weighted by Gasteiger charge is 2.26. The summed E-state index contributed by atoms with van der Waals surface area (Å²) in [6, 6.07) is 5.13. The van der Waals surface area contributed by atoms with Crippen LogP contribution in [0.4, 0.5) is 5.69 Å². The molecule has 0 aliphatic carbocycles. The molecule has 2 amide bonds. The van der Waals surface area contributed by atoms with Crippen LogP contribution in [0.15, 0.2) is 18.2 Å². The molecule has 1 aromatic heterocycles. The number of halogens is 1. The lowest BCUT2D eigenvalue weighted by molar-refractivity contribution is -0.132. The van der Waals surface area contributed by atoms with Crippen LogP contribution in [-0.4, -0.2) is 50.4 Å². The predicted octanol–water partition coefficient (Wildman–Crippen LogP) is 1.72. The number of amides is 2. The maximum absolute atomic E-state index is 12.6. The van der Waals surface area contributed by atoms with Gasteiger partial charge in [-0.15, -0.1) is 5.10 Å². The monoisotopic (exact) mass is 348 g/mol. The molecule has 1 aromatic carbocycles. The van der Waals surface area contributed by atoms with Crippen LogP contribution in [0, 0.1) is 5.92 Å². The summed E-state index contributed by atoms with van der Waals surface area (Å²) in [5.41, 5.74) is 1.22. The van der Waals surface area contributed by atoms with Crippen molar-refractivity contribution in [2.24, 2.45) is 5.92 Å². The molecule has 0 saturated carbocycles. The molecule has 2 heterocycles. The number of anilines is 1. The molecule has 1 aliphatic heterocycles. The van der Waals surface area contributed by atoms with E-state index in [9.17, 15) is 9.59 Å². The van der Waals surface area contributed by atoms with Crippen molar-refractivity contribution in [3.63, 3.8) is 0 Å². The molecule has 0 spiro atoms. The first kappa shape index (κ1) is 16.4. The van der Waals surface area contributed by atoms with Gasteiger partial charge in [-0.25, -0.2) is 5.10 Å². The maximum Gasteiger partial charge on any atom is 0.227 e. The van der Waals surface area contributed by atoms with Gasteiger partial charge < -0.3 is 10.2 Å². The summed E-state index contributed by atoms with van der Waals surface area (Å²) >= 11 is 6.04. The quantitative estimate of drug-likeness (QED) is 0.878. The predicted molar refractivity (Wildman–Crippen MR) is 88.2 cm³/mol. The topological polar surface area (TPSA) is 104 Å². The van der Waals surface area contributed by atoms with E-state index in [1.54, 1.807) is 30.0 Å². The molecule has 8 nitrogen and oxygen atoms in total. The number of nitrogens with one attached hydrogen (secondary N) is 2. The molecular weight excluding hydrogens is 332 g/mol. The Kier molecular flexibility index (Phi) is 4.75. The van der Waals surface area contributed by atoms with Crippen LogP contribution in [0.3, 0.4) is 0 Å². The van der Waals surface area contributed by atoms with E-state index in [1.807, 2.05) is 0 Å². The molecule has 1 fully saturated rings. The Balaban J connectivity index is 1.73. The third kappa shape index (κ3) is 3.53. The van der Waals surface area contributed by atoms with Crippen molar-refractivity contribution in [3.05, 3.63) is 23.2 Å². The van der Waals surface area contributed by atoms with E-state index in [2.05, 4.69) is 25.9 Å². The minimum absolute atomic E-state index is 0.0452. The molecule has 0 unspecified atom stereocenters. The van der Waals surface area contributed by atoms with Crippen molar-refractivity contribution in [2.45, 2.75) is 19.8 Å². The van der Waals surface area contributed by atoms with E-state index in [1.165, 1.54) is 0 Å². The number of hydrogen-bond acceptors (Lipinski definition) is 5. The SMILES string of the molecule is CC(=O)N1CCC(C(=O)Nc2cc(Cl)ccc2-c2nnn[nH]2)CC1. The molecule has 3 rings (SSSR count). The molecular formula is C15H17ClN6O2. The van der Waals surface area contributed by atoms with Gasteiger partial charge >= 0.3 is 0 Å². The van der Waals surface area contributed by atoms with E-state index in [0.717, 1.165) is 0 Å². The summed E-state index contributed by atoms with van der Waals surface area (Å²) in [5, 5.41) is 17.1. The summed E-state index contributed by atoms with van der Waals surface area (Å²) in [6.07, 6.45) is 1.29. The van der Waals surface area contributed by atoms with Crippen LogP contribution in [0.1, 0.15) is 19.8 Å². The highest BCUT2D eigenvalue weighted by molar-refractivity contribution is 6.31. The molecule has 126 valence electrons. The van der Waals surface area contributed by atoms with Gasteiger partial charge in [0.15, 0.2) is 5.82 Å². The van der Waals surface area contributed by atoms with Crippen LogP contribution in [0.25, 0.3) is 11.4 Å². The number of likely N-dealkylation sites (tertiary alicyclic amines) is 1. The number of nitrogens with zero attached hydrogens (tertiary/aromatic N) is 4. The van der Waals surface area contributed by atoms with E-state index >= 15 is 0 Å². The number of H-pyrrole nitrogens is 1. The molecule has 9 heteroatoms. The number of benzene rings is 1. The number of carbonyl (C=O) groups is 2. The minimum Gasteiger partial charge on any atom is -0.343 e. The second-order valence-electron chi connectivity index (χ2n) is 5.71. The lowest BCUT2D eigenvalue weighted by Gasteiger charge is -2.30. The Labute approximate surface area is 143 Å². The second kappa shape index (κ2) is 6.96. The van der Waals surface area contributed by atoms with Crippen molar-refractivity contribution >= 4 is 29.1 Å². The number of aromatic amines is 1. The molecule has 24 heavy (non-hydrogen) atoms. The fourth-order valence-electron chi connectivity index (χ4n) is 2.79. The number of aromatic nitrogens is 4. The third-order valence-corrected chi connectivity index (χ3v) is 4.39. The fraction of sp³-hybridized carbons (Fsp3) is 0.400. The second-order valence-corrected chi connectivity index (χ2v) is 6.15. The molecule has 0 radical (unpaired) electrons. The number of hydrogen-bond donors (Lipinski definition) is 2. The lowest BCUT2D eigenvalue weighted by Crippen LogP contribution is -2.40. The average Bonchev–Trinajstić information content (AvgIpc) is 3.09. The van der Waals surface area contributed by atoms with Crippen molar-refractivity contribution in [1.29, 1.82) is 0 Å². The van der Waals surface area contributed by atoms with Crippen molar-refractivity contribution in [3.8, 4) is 11.4 Å². The zero-order valence-electron chi connectivity index (χ0n) is 13.1. The highest BCUT2D eigenvalue weighted by Crippen LogP contribution is 2.29. The van der Waals surface area contributed by atoms with Gasteiger partial charge in [-0.05, 0) is 41.5 Å². The van der Waals surface area contributed by atoms with E-state index < -0.39 is 0 Å². The Bertz CT molecular complexity index is 740. The molecule has 2 N–H and O–H groups in total. The fourth-order valence-corrected chi connectivity index (χ4v) is 2.96. The first-order valence-electron chi connectivity index (χ1n) is 7.64. The van der Waals surface area contributed by atoms with E-state index in [4.69, 9.17) is 11.6 Å². The van der Waals surface area contributed by atoms with Gasteiger partial charge in [-0.3, -0.25) is 9.59 Å². The van der Waals surface area contributed by atoms with E-state index in [0.29, 0.717) is 48.0 Å². The molecule has 1 saturated heterocycles. The zero-order chi connectivity index (χ0) is 17.1. The molecule has 1 aliphatic rings. The number of rotatable bonds is 3. The van der Waals surface area contributed by atoms with Crippen LogP contribution in [-0.2, 0) is 9.59 Å². The van der Waals surface area contributed by atoms with Crippen molar-refractivity contribution in [2.75, 3.05) is 18.4 Å². The number of tetrazole rings is 1. The van der Waals surface area contributed by atoms with Gasteiger partial charge in [0.1, 0.15) is 0 Å². The zero-order valence-corrected chi connectivity index (χ0v) is 13.9. The standard InChI is InChI=1S/C15H17ClN6O2/c1-9(23)22-6-4-10(5-7-22)15(24)17-13-8-11(16)2-3-12(13)14-18-20-21-19-14/h2-3,8,10H,4-7H2,1H3,(H,17,24)(H,18,19,20,21). The smallest absolute Gasteiger partial charge is 0.227 e. The Morgan fingerprint density at radius 2 is 2.08 bits per heavy atom. The van der Waals surface area contributed by atoms with Crippen LogP contribution in [0.2, 0.25) is 5.02 Å². The summed E-state index contributed by atoms with van der Waals surface area (Å²) in [4.78, 5) is 25.7. The lowest BCUT2D eigenvalue weighted by atomic mass is 9.95. The minimum atomic E-state index is -0.139. The van der Waals surface area contributed by atoms with Crippen LogP contribution in [0.5, 0.6) is 0 Å². The van der Waals surface area contributed by atoms with Crippen molar-refractivity contribution in [1.82, 2.24) is 25.5 Å². The van der Waals surface area contributed by atoms with Gasteiger partial charge in [0.05, 0.1) is 5.69 Å². The molecule has 0 atom stereocenters. The van der Waals surface area contributed by atoms with Crippen LogP contribution >= 0.6 is 11.6 Å². The summed E-state index contributed by atoms with van der Waals surface area (Å²) in [6.45, 7) is 2.74. The maximum atomic E-state index is 12.6. The van der Waals surface area contributed by atoms with Gasteiger partial charge in [-0.1, -0.05) is 11.6 Å². The van der Waals surface area contributed by atoms with Gasteiger partial charge in [0, 0.05) is 36.5 Å². The van der Waals surface area contributed by atoms with E-state index in [-0.39, 0.29) is 17.7 Å². The average molecular weight is 349 g/mol. The van der Waals surface area contributed by atoms with Crippen molar-refractivity contribution < 1.29 is 9.59 Å². The highest BCUT2D eigenvalue weighted by atomic mass is 35.5.